The van der Waals surface area contributed by atoms with Crippen LogP contribution < -0.4 is 0 Å². The highest BCUT2D eigenvalue weighted by Crippen LogP contribution is 2.19. The maximum Gasteiger partial charge on any atom is 0.138 e. The van der Waals surface area contributed by atoms with Crippen LogP contribution in [0.3, 0.4) is 0 Å². The number of halogens is 1. The minimum absolute atomic E-state index is 1.02. The van der Waals surface area contributed by atoms with Crippen LogP contribution in [0.15, 0.2) is 36.5 Å². The summed E-state index contributed by atoms with van der Waals surface area (Å²) in [4.78, 5) is 4.60. The lowest BCUT2D eigenvalue weighted by Crippen LogP contribution is -1.83. The number of hydrogen-bond donors (Lipinski definition) is 0. The number of aromatic nitrogens is 2. The maximum atomic E-state index is 4.60. The summed E-state index contributed by atoms with van der Waals surface area (Å²) >= 11 is 2.31. The Morgan fingerprint density at radius 3 is 2.93 bits per heavy atom. The summed E-state index contributed by atoms with van der Waals surface area (Å²) < 4.78 is 3.34. The molecule has 0 aliphatic rings. The molecule has 0 aliphatic carbocycles. The van der Waals surface area contributed by atoms with Crippen molar-refractivity contribution in [1.29, 1.82) is 0 Å². The first-order valence-electron chi connectivity index (χ1n) is 4.78. The molecule has 2 aromatic heterocycles. The van der Waals surface area contributed by atoms with E-state index >= 15 is 0 Å². The highest BCUT2D eigenvalue weighted by molar-refractivity contribution is 14.1. The number of fused-ring (bicyclic) bond motifs is 3. The van der Waals surface area contributed by atoms with Crippen LogP contribution >= 0.6 is 22.6 Å². The van der Waals surface area contributed by atoms with Crippen LogP contribution in [0.1, 0.15) is 5.56 Å². The van der Waals surface area contributed by atoms with E-state index in [1.165, 1.54) is 14.7 Å². The Hall–Kier alpha value is -1.10. The summed E-state index contributed by atoms with van der Waals surface area (Å²) in [5, 5.41) is 0. The van der Waals surface area contributed by atoms with Crippen molar-refractivity contribution in [2.24, 2.45) is 0 Å². The molecule has 74 valence electrons. The quantitative estimate of drug-likeness (QED) is 0.582. The van der Waals surface area contributed by atoms with Gasteiger partial charge in [-0.1, -0.05) is 6.07 Å². The van der Waals surface area contributed by atoms with Gasteiger partial charge in [-0.15, -0.1) is 0 Å². The molecular formula is C12H9IN2. The highest BCUT2D eigenvalue weighted by Gasteiger charge is 2.03. The molecule has 2 nitrogen and oxygen atoms in total. The third-order valence-electron chi connectivity index (χ3n) is 2.52. The first kappa shape index (κ1) is 9.15. The van der Waals surface area contributed by atoms with Crippen molar-refractivity contribution in [3.05, 3.63) is 45.7 Å². The number of benzene rings is 1. The van der Waals surface area contributed by atoms with Gasteiger partial charge in [0.05, 0.1) is 11.0 Å². The van der Waals surface area contributed by atoms with Crippen LogP contribution in [0.5, 0.6) is 0 Å². The molecular weight excluding hydrogens is 297 g/mol. The van der Waals surface area contributed by atoms with Gasteiger partial charge in [0, 0.05) is 9.77 Å². The standard InChI is InChI=1S/C12H9IN2/c1-8-2-3-11-10(6-8)14-12-7-9(13)4-5-15(11)12/h2-7H,1H3/i13-2. The molecule has 0 unspecified atom stereocenters. The molecule has 0 N–H and O–H groups in total. The molecule has 0 aliphatic heterocycles. The zero-order chi connectivity index (χ0) is 10.4. The summed E-state index contributed by atoms with van der Waals surface area (Å²) in [6.45, 7) is 2.09. The Morgan fingerprint density at radius 2 is 2.07 bits per heavy atom. The number of rotatable bonds is 0. The molecule has 1 aromatic carbocycles. The van der Waals surface area contributed by atoms with Gasteiger partial charge in [-0.3, -0.25) is 4.40 Å². The molecule has 2 heterocycles. The Morgan fingerprint density at radius 1 is 1.20 bits per heavy atom. The van der Waals surface area contributed by atoms with E-state index in [1.54, 1.807) is 0 Å². The lowest BCUT2D eigenvalue weighted by atomic mass is 10.2. The summed E-state index contributed by atoms with van der Waals surface area (Å²) in [5.74, 6) is 0. The fourth-order valence-corrected chi connectivity index (χ4v) is 2.24. The van der Waals surface area contributed by atoms with Crippen molar-refractivity contribution in [3.63, 3.8) is 0 Å². The van der Waals surface area contributed by atoms with Gasteiger partial charge in [-0.25, -0.2) is 4.98 Å². The molecule has 0 saturated carbocycles. The molecule has 0 amide bonds. The summed E-state index contributed by atoms with van der Waals surface area (Å²) in [6.07, 6.45) is 2.07. The zero-order valence-corrected chi connectivity index (χ0v) is 10.4. The van der Waals surface area contributed by atoms with Gasteiger partial charge in [0.15, 0.2) is 0 Å². The van der Waals surface area contributed by atoms with Crippen LogP contribution in [0.2, 0.25) is 0 Å². The van der Waals surface area contributed by atoms with E-state index in [2.05, 4.69) is 75.4 Å². The molecule has 0 saturated heterocycles. The van der Waals surface area contributed by atoms with Crippen LogP contribution in [0.25, 0.3) is 16.7 Å². The number of imidazole rings is 1. The second-order valence-corrected chi connectivity index (χ2v) is 4.92. The fraction of sp³-hybridized carbons (Fsp3) is 0.0833. The smallest absolute Gasteiger partial charge is 0.138 e. The first-order chi connectivity index (χ1) is 7.24. The number of aryl methyl sites for hydroxylation is 1. The molecule has 0 atom stereocenters. The van der Waals surface area contributed by atoms with Gasteiger partial charge in [0.1, 0.15) is 5.65 Å². The van der Waals surface area contributed by atoms with Crippen LogP contribution in [-0.4, -0.2) is 9.38 Å². The molecule has 3 aromatic rings. The van der Waals surface area contributed by atoms with E-state index in [0.717, 1.165) is 11.2 Å². The SMILES string of the molecule is Cc1ccc2c(c1)nc1cc([125I])ccn12. The second-order valence-electron chi connectivity index (χ2n) is 3.68. The monoisotopic (exact) mass is 306 g/mol. The summed E-state index contributed by atoms with van der Waals surface area (Å²) in [6, 6.07) is 10.5. The van der Waals surface area contributed by atoms with Crippen molar-refractivity contribution >= 4 is 39.3 Å². The van der Waals surface area contributed by atoms with E-state index in [0.29, 0.717) is 0 Å². The van der Waals surface area contributed by atoms with Gasteiger partial charge < -0.3 is 0 Å². The predicted octanol–water partition coefficient (Wildman–Crippen LogP) is 3.40. The van der Waals surface area contributed by atoms with E-state index in [-0.39, 0.29) is 0 Å². The molecule has 0 spiro atoms. The Kier molecular flexibility index (Phi) is 1.95. The lowest BCUT2D eigenvalue weighted by molar-refractivity contribution is 1.22. The van der Waals surface area contributed by atoms with Crippen molar-refractivity contribution < 1.29 is 0 Å². The van der Waals surface area contributed by atoms with Crippen molar-refractivity contribution in [3.8, 4) is 0 Å². The Labute approximate surface area is 101 Å². The van der Waals surface area contributed by atoms with Gasteiger partial charge in [-0.2, -0.15) is 0 Å². The van der Waals surface area contributed by atoms with Crippen LogP contribution in [0.4, 0.5) is 0 Å². The fourth-order valence-electron chi connectivity index (χ4n) is 1.80. The van der Waals surface area contributed by atoms with Gasteiger partial charge in [0.2, 0.25) is 0 Å². The molecule has 0 radical (unpaired) electrons. The van der Waals surface area contributed by atoms with E-state index < -0.39 is 0 Å². The van der Waals surface area contributed by atoms with Crippen molar-refractivity contribution in [1.82, 2.24) is 9.38 Å². The van der Waals surface area contributed by atoms with E-state index in [1.807, 2.05) is 0 Å². The molecule has 15 heavy (non-hydrogen) atoms. The largest absolute Gasteiger partial charge is 0.300 e. The zero-order valence-electron chi connectivity index (χ0n) is 8.24. The number of hydrogen-bond acceptors (Lipinski definition) is 1. The first-order valence-corrected chi connectivity index (χ1v) is 5.86. The molecule has 0 bridgehead atoms. The molecule has 3 rings (SSSR count). The Balaban J connectivity index is 2.51. The highest BCUT2D eigenvalue weighted by atomic mass is 125. The van der Waals surface area contributed by atoms with E-state index in [9.17, 15) is 0 Å². The van der Waals surface area contributed by atoms with Crippen molar-refractivity contribution in [2.75, 3.05) is 0 Å². The number of pyridine rings is 1. The normalized spacial score (nSPS) is 11.3. The van der Waals surface area contributed by atoms with Crippen LogP contribution in [0, 0.1) is 10.5 Å². The maximum absolute atomic E-state index is 4.60. The summed E-state index contributed by atoms with van der Waals surface area (Å²) in [7, 11) is 0. The number of nitrogens with zero attached hydrogens (tertiary/aromatic N) is 2. The molecule has 3 heteroatoms. The third kappa shape index (κ3) is 1.42. The van der Waals surface area contributed by atoms with Gasteiger partial charge in [0.25, 0.3) is 0 Å². The van der Waals surface area contributed by atoms with Crippen LogP contribution in [-0.2, 0) is 0 Å². The average Bonchev–Trinajstić information content (AvgIpc) is 2.53. The average molecular weight is 306 g/mol. The summed E-state index contributed by atoms with van der Waals surface area (Å²) in [5.41, 5.74) is 4.51. The third-order valence-corrected chi connectivity index (χ3v) is 3.19. The lowest BCUT2D eigenvalue weighted by Gasteiger charge is -1.95. The minimum atomic E-state index is 1.02. The van der Waals surface area contributed by atoms with Gasteiger partial charge >= 0.3 is 0 Å². The Bertz CT molecular complexity index is 599. The minimum Gasteiger partial charge on any atom is -0.300 e. The topological polar surface area (TPSA) is 17.3 Å². The van der Waals surface area contributed by atoms with Gasteiger partial charge in [-0.05, 0) is 59.3 Å². The second kappa shape index (κ2) is 3.20. The van der Waals surface area contributed by atoms with E-state index in [4.69, 9.17) is 0 Å². The predicted molar refractivity (Wildman–Crippen MR) is 70.2 cm³/mol. The van der Waals surface area contributed by atoms with Crippen molar-refractivity contribution in [2.45, 2.75) is 6.92 Å². The molecule has 0 fully saturated rings.